The lowest BCUT2D eigenvalue weighted by Gasteiger charge is -2.33. The van der Waals surface area contributed by atoms with E-state index in [-0.39, 0.29) is 17.7 Å². The minimum absolute atomic E-state index is 0.00374. The molecule has 1 aromatic carbocycles. The van der Waals surface area contributed by atoms with E-state index in [9.17, 15) is 13.2 Å². The summed E-state index contributed by atoms with van der Waals surface area (Å²) in [7, 11) is -3.37. The molecule has 1 saturated heterocycles. The highest BCUT2D eigenvalue weighted by Crippen LogP contribution is 2.13. The standard InChI is InChI=1S/C19H25N3O4S/c1-16(18-8-5-13-26-18)20-14-19(23)21-9-11-22(12-10-21)27(24,25)15-17-6-3-2-4-7-17/h2-8,13,16,20H,9-12,14-15H2,1H3/p+1/t16-/m1/s1. The smallest absolute Gasteiger partial charge is 0.277 e. The van der Waals surface area contributed by atoms with Crippen LogP contribution in [-0.4, -0.2) is 56.3 Å². The SMILES string of the molecule is C[C@@H]([NH2+]CC(=O)N1CCN(S(=O)(=O)Cc2ccccc2)CC1)c1ccco1. The monoisotopic (exact) mass is 392 g/mol. The van der Waals surface area contributed by atoms with Crippen LogP contribution in [0.3, 0.4) is 0 Å². The van der Waals surface area contributed by atoms with Crippen LogP contribution >= 0.6 is 0 Å². The molecule has 3 rings (SSSR count). The normalized spacial score (nSPS) is 17.0. The fourth-order valence-corrected chi connectivity index (χ4v) is 4.68. The second-order valence-electron chi connectivity index (χ2n) is 6.77. The first-order chi connectivity index (χ1) is 13.0. The Morgan fingerprint density at radius 2 is 1.81 bits per heavy atom. The van der Waals surface area contributed by atoms with Crippen LogP contribution in [0.1, 0.15) is 24.3 Å². The lowest BCUT2D eigenvalue weighted by molar-refractivity contribution is -0.685. The van der Waals surface area contributed by atoms with Crippen LogP contribution in [0.15, 0.2) is 53.1 Å². The number of carbonyl (C=O) groups excluding carboxylic acids is 1. The largest absolute Gasteiger partial charge is 0.463 e. The number of benzene rings is 1. The molecule has 8 heteroatoms. The molecular weight excluding hydrogens is 366 g/mol. The van der Waals surface area contributed by atoms with Crippen molar-refractivity contribution in [2.24, 2.45) is 0 Å². The number of nitrogens with two attached hydrogens (primary N) is 1. The third kappa shape index (κ3) is 5.18. The van der Waals surface area contributed by atoms with Crippen LogP contribution in [0.25, 0.3) is 0 Å². The van der Waals surface area contributed by atoms with Gasteiger partial charge in [0, 0.05) is 26.2 Å². The van der Waals surface area contributed by atoms with Crippen LogP contribution in [0.5, 0.6) is 0 Å². The molecule has 1 aliphatic heterocycles. The van der Waals surface area contributed by atoms with Crippen LogP contribution in [0.4, 0.5) is 0 Å². The molecule has 0 unspecified atom stereocenters. The van der Waals surface area contributed by atoms with E-state index in [0.29, 0.717) is 32.7 Å². The number of rotatable bonds is 7. The molecule has 2 N–H and O–H groups in total. The van der Waals surface area contributed by atoms with Gasteiger partial charge < -0.3 is 14.6 Å². The van der Waals surface area contributed by atoms with Crippen molar-refractivity contribution < 1.29 is 22.9 Å². The zero-order chi connectivity index (χ0) is 19.3. The van der Waals surface area contributed by atoms with Gasteiger partial charge in [-0.3, -0.25) is 4.79 Å². The van der Waals surface area contributed by atoms with Crippen molar-refractivity contribution in [1.29, 1.82) is 0 Å². The highest BCUT2D eigenvalue weighted by molar-refractivity contribution is 7.88. The predicted molar refractivity (Wildman–Crippen MR) is 101 cm³/mol. The van der Waals surface area contributed by atoms with Crippen LogP contribution < -0.4 is 5.32 Å². The molecule has 7 nitrogen and oxygen atoms in total. The Bertz CT molecular complexity index is 829. The van der Waals surface area contributed by atoms with Gasteiger partial charge in [0.2, 0.25) is 10.0 Å². The van der Waals surface area contributed by atoms with Crippen LogP contribution in [-0.2, 0) is 20.6 Å². The highest BCUT2D eigenvalue weighted by atomic mass is 32.2. The van der Waals surface area contributed by atoms with Gasteiger partial charge in [-0.2, -0.15) is 4.31 Å². The molecule has 0 radical (unpaired) electrons. The van der Waals surface area contributed by atoms with Crippen LogP contribution in [0, 0.1) is 0 Å². The average molecular weight is 393 g/mol. The zero-order valence-electron chi connectivity index (χ0n) is 15.5. The second-order valence-corrected chi connectivity index (χ2v) is 8.73. The molecule has 27 heavy (non-hydrogen) atoms. The Hall–Kier alpha value is -2.16. The molecule has 1 fully saturated rings. The third-order valence-corrected chi connectivity index (χ3v) is 6.66. The van der Waals surface area contributed by atoms with Crippen molar-refractivity contribution >= 4 is 15.9 Å². The number of carbonyl (C=O) groups is 1. The van der Waals surface area contributed by atoms with Gasteiger partial charge in [-0.15, -0.1) is 0 Å². The molecule has 0 bridgehead atoms. The quantitative estimate of drug-likeness (QED) is 0.747. The fraction of sp³-hybridized carbons (Fsp3) is 0.421. The summed E-state index contributed by atoms with van der Waals surface area (Å²) in [6.07, 6.45) is 1.62. The molecule has 0 aliphatic carbocycles. The number of nitrogens with zero attached hydrogens (tertiary/aromatic N) is 2. The molecule has 146 valence electrons. The molecule has 2 aromatic rings. The van der Waals surface area contributed by atoms with Gasteiger partial charge in [0.25, 0.3) is 5.91 Å². The molecule has 0 saturated carbocycles. The van der Waals surface area contributed by atoms with Gasteiger partial charge in [-0.05, 0) is 24.6 Å². The summed E-state index contributed by atoms with van der Waals surface area (Å²) in [4.78, 5) is 14.2. The molecule has 1 amide bonds. The van der Waals surface area contributed by atoms with Gasteiger partial charge in [-0.25, -0.2) is 8.42 Å². The predicted octanol–water partition coefficient (Wildman–Crippen LogP) is 0.578. The van der Waals surface area contributed by atoms with E-state index in [1.54, 1.807) is 11.2 Å². The minimum Gasteiger partial charge on any atom is -0.463 e. The molecule has 2 heterocycles. The summed E-state index contributed by atoms with van der Waals surface area (Å²) in [5.74, 6) is 0.851. The lowest BCUT2D eigenvalue weighted by atomic mass is 10.2. The minimum atomic E-state index is -3.37. The van der Waals surface area contributed by atoms with Crippen molar-refractivity contribution in [1.82, 2.24) is 9.21 Å². The van der Waals surface area contributed by atoms with E-state index in [1.807, 2.05) is 54.7 Å². The van der Waals surface area contributed by atoms with Crippen molar-refractivity contribution in [3.63, 3.8) is 0 Å². The number of hydrogen-bond acceptors (Lipinski definition) is 4. The molecule has 1 aliphatic rings. The molecular formula is C19H26N3O4S+. The van der Waals surface area contributed by atoms with Gasteiger partial charge in [-0.1, -0.05) is 30.3 Å². The summed E-state index contributed by atoms with van der Waals surface area (Å²) in [5.41, 5.74) is 0.775. The van der Waals surface area contributed by atoms with E-state index in [1.165, 1.54) is 4.31 Å². The highest BCUT2D eigenvalue weighted by Gasteiger charge is 2.29. The van der Waals surface area contributed by atoms with Gasteiger partial charge in [0.15, 0.2) is 12.3 Å². The van der Waals surface area contributed by atoms with Gasteiger partial charge >= 0.3 is 0 Å². The number of quaternary nitrogens is 1. The lowest BCUT2D eigenvalue weighted by Crippen LogP contribution is -2.87. The Labute approximate surface area is 160 Å². The Kier molecular flexibility index (Phi) is 6.30. The van der Waals surface area contributed by atoms with E-state index >= 15 is 0 Å². The maximum absolute atomic E-state index is 12.6. The first kappa shape index (κ1) is 19.6. The fourth-order valence-electron chi connectivity index (χ4n) is 3.17. The maximum Gasteiger partial charge on any atom is 0.277 e. The average Bonchev–Trinajstić information content (AvgIpc) is 3.21. The van der Waals surface area contributed by atoms with E-state index in [0.717, 1.165) is 11.3 Å². The number of amides is 1. The first-order valence-corrected chi connectivity index (χ1v) is 10.7. The van der Waals surface area contributed by atoms with Crippen molar-refractivity contribution in [2.75, 3.05) is 32.7 Å². The zero-order valence-corrected chi connectivity index (χ0v) is 16.3. The Morgan fingerprint density at radius 1 is 1.11 bits per heavy atom. The van der Waals surface area contributed by atoms with Crippen LogP contribution in [0.2, 0.25) is 0 Å². The molecule has 1 aromatic heterocycles. The number of furan rings is 1. The maximum atomic E-state index is 12.6. The van der Waals surface area contributed by atoms with Crippen molar-refractivity contribution in [2.45, 2.75) is 18.7 Å². The number of sulfonamides is 1. The van der Waals surface area contributed by atoms with E-state index in [4.69, 9.17) is 4.42 Å². The van der Waals surface area contributed by atoms with E-state index in [2.05, 4.69) is 0 Å². The first-order valence-electron chi connectivity index (χ1n) is 9.12. The summed E-state index contributed by atoms with van der Waals surface area (Å²) < 4.78 is 32.0. The van der Waals surface area contributed by atoms with Crippen molar-refractivity contribution in [3.8, 4) is 0 Å². The Morgan fingerprint density at radius 3 is 2.44 bits per heavy atom. The second kappa shape index (κ2) is 8.69. The Balaban J connectivity index is 1.47. The molecule has 1 atom stereocenters. The summed E-state index contributed by atoms with van der Waals surface area (Å²) in [5, 5.41) is 1.93. The summed E-state index contributed by atoms with van der Waals surface area (Å²) in [6, 6.07) is 12.9. The van der Waals surface area contributed by atoms with E-state index < -0.39 is 10.0 Å². The van der Waals surface area contributed by atoms with Gasteiger partial charge in [0.05, 0.1) is 12.0 Å². The topological polar surface area (TPSA) is 87.4 Å². The third-order valence-electron chi connectivity index (χ3n) is 4.81. The van der Waals surface area contributed by atoms with Gasteiger partial charge in [0.1, 0.15) is 6.04 Å². The summed E-state index contributed by atoms with van der Waals surface area (Å²) in [6.45, 7) is 3.84. The summed E-state index contributed by atoms with van der Waals surface area (Å²) >= 11 is 0. The van der Waals surface area contributed by atoms with Crippen molar-refractivity contribution in [3.05, 3.63) is 60.1 Å². The number of piperazine rings is 1. The molecule has 0 spiro atoms. The number of hydrogen-bond donors (Lipinski definition) is 1.